The largest absolute Gasteiger partial charge is 0.488 e. The minimum atomic E-state index is -1.03. The second-order valence-corrected chi connectivity index (χ2v) is 8.72. The standard InChI is InChI=1S/C29H25NO4/c1-17(2)20-13-14-25(33-16-19-9-5-4-6-10-19)26-22(29(31)32)15-23(30-27(20)26)28-18(3)21-11-7-8-12-24(21)34-28/h4-15,17H,16H2,1-3H3,(H,31,32). The number of aromatic nitrogens is 1. The smallest absolute Gasteiger partial charge is 0.336 e. The number of hydrogen-bond donors (Lipinski definition) is 1. The zero-order chi connectivity index (χ0) is 23.8. The van der Waals surface area contributed by atoms with Crippen molar-refractivity contribution in [1.29, 1.82) is 0 Å². The van der Waals surface area contributed by atoms with Gasteiger partial charge in [0.25, 0.3) is 0 Å². The number of nitrogens with zero attached hydrogens (tertiary/aromatic N) is 1. The van der Waals surface area contributed by atoms with Gasteiger partial charge in [0, 0.05) is 10.9 Å². The van der Waals surface area contributed by atoms with Gasteiger partial charge in [0.15, 0.2) is 5.76 Å². The topological polar surface area (TPSA) is 72.6 Å². The van der Waals surface area contributed by atoms with Gasteiger partial charge in [-0.25, -0.2) is 9.78 Å². The quantitative estimate of drug-likeness (QED) is 0.292. The maximum absolute atomic E-state index is 12.4. The maximum Gasteiger partial charge on any atom is 0.336 e. The fourth-order valence-electron chi connectivity index (χ4n) is 4.36. The third kappa shape index (κ3) is 3.79. The predicted molar refractivity (Wildman–Crippen MR) is 134 cm³/mol. The highest BCUT2D eigenvalue weighted by molar-refractivity contribution is 6.07. The molecule has 0 atom stereocenters. The summed E-state index contributed by atoms with van der Waals surface area (Å²) in [6.07, 6.45) is 0. The number of carboxylic acids is 1. The molecule has 0 amide bonds. The van der Waals surface area contributed by atoms with Crippen molar-refractivity contribution in [1.82, 2.24) is 4.98 Å². The summed E-state index contributed by atoms with van der Waals surface area (Å²) in [5, 5.41) is 11.7. The van der Waals surface area contributed by atoms with Crippen LogP contribution in [-0.4, -0.2) is 16.1 Å². The highest BCUT2D eigenvalue weighted by Gasteiger charge is 2.23. The van der Waals surface area contributed by atoms with E-state index >= 15 is 0 Å². The molecule has 0 saturated heterocycles. The molecule has 5 rings (SSSR count). The van der Waals surface area contributed by atoms with E-state index in [0.29, 0.717) is 34.7 Å². The Hall–Kier alpha value is -4.12. The molecule has 0 radical (unpaired) electrons. The van der Waals surface area contributed by atoms with Gasteiger partial charge in [0.2, 0.25) is 0 Å². The first-order chi connectivity index (χ1) is 16.4. The van der Waals surface area contributed by atoms with Gasteiger partial charge in [-0.05, 0) is 42.2 Å². The molecule has 0 aliphatic rings. The van der Waals surface area contributed by atoms with Crippen LogP contribution in [0.15, 0.2) is 77.2 Å². The van der Waals surface area contributed by atoms with Crippen LogP contribution in [0.5, 0.6) is 5.75 Å². The van der Waals surface area contributed by atoms with E-state index in [1.54, 1.807) is 6.07 Å². The summed E-state index contributed by atoms with van der Waals surface area (Å²) in [7, 11) is 0. The van der Waals surface area contributed by atoms with Crippen molar-refractivity contribution in [2.75, 3.05) is 0 Å². The van der Waals surface area contributed by atoms with Crippen molar-refractivity contribution in [3.8, 4) is 17.2 Å². The number of benzene rings is 3. The fourth-order valence-corrected chi connectivity index (χ4v) is 4.36. The Morgan fingerprint density at radius 2 is 1.76 bits per heavy atom. The van der Waals surface area contributed by atoms with Crippen molar-refractivity contribution in [3.63, 3.8) is 0 Å². The first-order valence-electron chi connectivity index (χ1n) is 11.3. The van der Waals surface area contributed by atoms with Gasteiger partial charge in [-0.1, -0.05) is 68.4 Å². The number of hydrogen-bond acceptors (Lipinski definition) is 4. The van der Waals surface area contributed by atoms with Gasteiger partial charge in [0.1, 0.15) is 23.6 Å². The average Bonchev–Trinajstić information content (AvgIpc) is 3.18. The zero-order valence-electron chi connectivity index (χ0n) is 19.3. The molecule has 3 aromatic carbocycles. The van der Waals surface area contributed by atoms with Gasteiger partial charge in [-0.3, -0.25) is 0 Å². The van der Waals surface area contributed by atoms with E-state index in [-0.39, 0.29) is 11.5 Å². The van der Waals surface area contributed by atoms with E-state index in [4.69, 9.17) is 14.1 Å². The van der Waals surface area contributed by atoms with Gasteiger partial charge < -0.3 is 14.3 Å². The van der Waals surface area contributed by atoms with Crippen LogP contribution in [-0.2, 0) is 6.61 Å². The van der Waals surface area contributed by atoms with E-state index in [1.165, 1.54) is 0 Å². The molecule has 5 nitrogen and oxygen atoms in total. The number of carbonyl (C=O) groups is 1. The molecular formula is C29H25NO4. The Labute approximate surface area is 197 Å². The lowest BCUT2D eigenvalue weighted by molar-refractivity contribution is 0.0698. The van der Waals surface area contributed by atoms with Gasteiger partial charge >= 0.3 is 5.97 Å². The van der Waals surface area contributed by atoms with Gasteiger partial charge in [-0.2, -0.15) is 0 Å². The number of furan rings is 1. The van der Waals surface area contributed by atoms with Gasteiger partial charge in [-0.15, -0.1) is 0 Å². The van der Waals surface area contributed by atoms with E-state index < -0.39 is 5.97 Å². The fraction of sp³-hybridized carbons (Fsp3) is 0.172. The van der Waals surface area contributed by atoms with Crippen molar-refractivity contribution >= 4 is 27.8 Å². The first-order valence-corrected chi connectivity index (χ1v) is 11.3. The molecule has 0 unspecified atom stereocenters. The SMILES string of the molecule is Cc1c(-c2cc(C(=O)O)c3c(OCc4ccccc4)ccc(C(C)C)c3n2)oc2ccccc12. The molecule has 0 saturated carbocycles. The third-order valence-electron chi connectivity index (χ3n) is 6.12. The molecule has 0 aliphatic carbocycles. The Kier molecular flexibility index (Phi) is 5.54. The van der Waals surface area contributed by atoms with Crippen LogP contribution < -0.4 is 4.74 Å². The maximum atomic E-state index is 12.4. The second-order valence-electron chi connectivity index (χ2n) is 8.72. The van der Waals surface area contributed by atoms with Crippen LogP contribution in [0, 0.1) is 6.92 Å². The molecule has 34 heavy (non-hydrogen) atoms. The molecule has 1 N–H and O–H groups in total. The van der Waals surface area contributed by atoms with Crippen LogP contribution in [0.3, 0.4) is 0 Å². The lowest BCUT2D eigenvalue weighted by Crippen LogP contribution is -2.05. The molecular weight excluding hydrogens is 426 g/mol. The van der Waals surface area contributed by atoms with Crippen molar-refractivity contribution < 1.29 is 19.1 Å². The van der Waals surface area contributed by atoms with Crippen LogP contribution in [0.25, 0.3) is 33.3 Å². The van der Waals surface area contributed by atoms with Gasteiger partial charge in [0.05, 0.1) is 16.5 Å². The average molecular weight is 452 g/mol. The molecule has 0 bridgehead atoms. The number of ether oxygens (including phenoxy) is 1. The molecule has 0 aliphatic heterocycles. The summed E-state index contributed by atoms with van der Waals surface area (Å²) in [4.78, 5) is 17.4. The Morgan fingerprint density at radius 3 is 2.47 bits per heavy atom. The number of para-hydroxylation sites is 1. The molecule has 5 aromatic rings. The summed E-state index contributed by atoms with van der Waals surface area (Å²) < 4.78 is 12.2. The Balaban J connectivity index is 1.73. The highest BCUT2D eigenvalue weighted by atomic mass is 16.5. The number of aromatic carboxylic acids is 1. The summed E-state index contributed by atoms with van der Waals surface area (Å²) in [6.45, 7) is 6.44. The second kappa shape index (κ2) is 8.67. The predicted octanol–water partition coefficient (Wildman–Crippen LogP) is 7.36. The summed E-state index contributed by atoms with van der Waals surface area (Å²) in [5.74, 6) is 0.191. The van der Waals surface area contributed by atoms with Crippen molar-refractivity contribution in [2.45, 2.75) is 33.3 Å². The van der Waals surface area contributed by atoms with Crippen LogP contribution in [0.4, 0.5) is 0 Å². The third-order valence-corrected chi connectivity index (χ3v) is 6.12. The Bertz CT molecular complexity index is 1520. The van der Waals surface area contributed by atoms with E-state index in [0.717, 1.165) is 27.7 Å². The van der Waals surface area contributed by atoms with Crippen LogP contribution >= 0.6 is 0 Å². The Morgan fingerprint density at radius 1 is 1.03 bits per heavy atom. The number of pyridine rings is 1. The summed E-state index contributed by atoms with van der Waals surface area (Å²) in [5.41, 5.74) is 4.91. The lowest BCUT2D eigenvalue weighted by Gasteiger charge is -2.17. The molecule has 170 valence electrons. The minimum Gasteiger partial charge on any atom is -0.488 e. The number of rotatable bonds is 6. The molecule has 0 fully saturated rings. The van der Waals surface area contributed by atoms with Crippen molar-refractivity contribution in [3.05, 3.63) is 95.1 Å². The summed E-state index contributed by atoms with van der Waals surface area (Å²) >= 11 is 0. The monoisotopic (exact) mass is 451 g/mol. The minimum absolute atomic E-state index is 0.144. The number of fused-ring (bicyclic) bond motifs is 2. The zero-order valence-corrected chi connectivity index (χ0v) is 19.3. The number of aryl methyl sites for hydroxylation is 1. The van der Waals surface area contributed by atoms with E-state index in [1.807, 2.05) is 73.7 Å². The van der Waals surface area contributed by atoms with E-state index in [9.17, 15) is 9.90 Å². The molecule has 0 spiro atoms. The highest BCUT2D eigenvalue weighted by Crippen LogP contribution is 2.39. The number of carboxylic acid groups (broad SMARTS) is 1. The first kappa shape index (κ1) is 21.7. The lowest BCUT2D eigenvalue weighted by atomic mass is 9.95. The molecule has 5 heteroatoms. The normalized spacial score (nSPS) is 11.4. The van der Waals surface area contributed by atoms with Crippen molar-refractivity contribution in [2.24, 2.45) is 0 Å². The van der Waals surface area contributed by atoms with E-state index in [2.05, 4.69) is 13.8 Å². The van der Waals surface area contributed by atoms with Crippen LogP contribution in [0.2, 0.25) is 0 Å². The molecule has 2 aromatic heterocycles. The molecule has 2 heterocycles. The van der Waals surface area contributed by atoms with Crippen LogP contribution in [0.1, 0.15) is 46.8 Å². The summed E-state index contributed by atoms with van der Waals surface area (Å²) in [6, 6.07) is 23.0.